The lowest BCUT2D eigenvalue weighted by Crippen LogP contribution is -2.31. The second-order valence-electron chi connectivity index (χ2n) is 10.3. The van der Waals surface area contributed by atoms with Gasteiger partial charge in [-0.2, -0.15) is 0 Å². The Bertz CT molecular complexity index is 1570. The number of anilines is 1. The van der Waals surface area contributed by atoms with Gasteiger partial charge in [-0.1, -0.05) is 48.9 Å². The van der Waals surface area contributed by atoms with E-state index < -0.39 is 0 Å². The summed E-state index contributed by atoms with van der Waals surface area (Å²) in [6.45, 7) is 7.21. The summed E-state index contributed by atoms with van der Waals surface area (Å²) in [5.74, 6) is 6.25. The summed E-state index contributed by atoms with van der Waals surface area (Å²) in [4.78, 5) is 31.2. The Hall–Kier alpha value is -4.18. The van der Waals surface area contributed by atoms with Crippen LogP contribution in [0.3, 0.4) is 0 Å². The van der Waals surface area contributed by atoms with Crippen LogP contribution < -0.4 is 16.0 Å². The fraction of sp³-hybridized carbons (Fsp3) is 0.361. The predicted octanol–water partition coefficient (Wildman–Crippen LogP) is 5.15. The molecule has 3 aromatic carbocycles. The molecule has 0 aliphatic carbocycles. The van der Waals surface area contributed by atoms with Crippen LogP contribution in [-0.2, 0) is 25.5 Å². The van der Waals surface area contributed by atoms with Crippen LogP contribution in [0.4, 0.5) is 10.5 Å². The molecular weight excluding hydrogens is 616 g/mol. The maximum Gasteiger partial charge on any atom is 0.319 e. The molecule has 0 atom stereocenters. The van der Waals surface area contributed by atoms with E-state index in [1.54, 1.807) is 18.8 Å². The molecule has 0 fully saturated rings. The van der Waals surface area contributed by atoms with E-state index in [2.05, 4.69) is 45.8 Å². The molecule has 11 heteroatoms. The number of fused-ring (bicyclic) bond motifs is 1. The van der Waals surface area contributed by atoms with Gasteiger partial charge in [-0.25, -0.2) is 4.79 Å². The Labute approximate surface area is 281 Å². The summed E-state index contributed by atoms with van der Waals surface area (Å²) in [6, 6.07) is 20.8. The predicted molar refractivity (Wildman–Crippen MR) is 185 cm³/mol. The summed E-state index contributed by atoms with van der Waals surface area (Å²) >= 11 is 1.55. The molecule has 0 bridgehead atoms. The van der Waals surface area contributed by atoms with E-state index in [4.69, 9.17) is 18.9 Å². The highest BCUT2D eigenvalue weighted by atomic mass is 32.2. The topological polar surface area (TPSA) is 120 Å². The third kappa shape index (κ3) is 12.2. The van der Waals surface area contributed by atoms with E-state index in [1.807, 2.05) is 60.7 Å². The van der Waals surface area contributed by atoms with Gasteiger partial charge in [0.25, 0.3) is 5.91 Å². The minimum Gasteiger partial charge on any atom is -0.379 e. The Balaban J connectivity index is 1.16. The average molecular weight is 659 g/mol. The minimum atomic E-state index is -0.323. The first-order chi connectivity index (χ1) is 23.1. The van der Waals surface area contributed by atoms with Gasteiger partial charge in [0.2, 0.25) is 0 Å². The fourth-order valence-corrected chi connectivity index (χ4v) is 5.49. The summed E-state index contributed by atoms with van der Waals surface area (Å²) < 4.78 is 21.7. The van der Waals surface area contributed by atoms with Crippen LogP contribution in [0.1, 0.15) is 40.4 Å². The van der Waals surface area contributed by atoms with Gasteiger partial charge in [0.1, 0.15) is 5.71 Å². The molecule has 1 heterocycles. The Morgan fingerprint density at radius 2 is 1.55 bits per heavy atom. The van der Waals surface area contributed by atoms with Gasteiger partial charge in [-0.15, -0.1) is 0 Å². The second kappa shape index (κ2) is 20.1. The summed E-state index contributed by atoms with van der Waals surface area (Å²) in [5, 5.41) is 8.32. The maximum atomic E-state index is 12.4. The van der Waals surface area contributed by atoms with Gasteiger partial charge < -0.3 is 34.9 Å². The number of benzene rings is 3. The Kier molecular flexibility index (Phi) is 15.3. The van der Waals surface area contributed by atoms with Crippen molar-refractivity contribution in [2.24, 2.45) is 4.99 Å². The quantitative estimate of drug-likeness (QED) is 0.128. The lowest BCUT2D eigenvalue weighted by atomic mass is 10.1. The molecule has 0 radical (unpaired) electrons. The Morgan fingerprint density at radius 1 is 0.830 bits per heavy atom. The zero-order valence-corrected chi connectivity index (χ0v) is 27.8. The van der Waals surface area contributed by atoms with Crippen molar-refractivity contribution >= 4 is 35.1 Å². The van der Waals surface area contributed by atoms with Crippen LogP contribution in [0.2, 0.25) is 0 Å². The third-order valence-corrected chi connectivity index (χ3v) is 7.83. The number of nitrogens with zero attached hydrogens (tertiary/aromatic N) is 1. The van der Waals surface area contributed by atoms with Crippen LogP contribution in [0.5, 0.6) is 0 Å². The van der Waals surface area contributed by atoms with E-state index in [-0.39, 0.29) is 11.9 Å². The van der Waals surface area contributed by atoms with Crippen molar-refractivity contribution < 1.29 is 28.5 Å². The van der Waals surface area contributed by atoms with Crippen molar-refractivity contribution in [1.82, 2.24) is 10.6 Å². The second-order valence-corrected chi connectivity index (χ2v) is 11.4. The lowest BCUT2D eigenvalue weighted by molar-refractivity contribution is -0.00120. The number of urea groups is 1. The van der Waals surface area contributed by atoms with Crippen LogP contribution in [0.25, 0.3) is 0 Å². The number of aliphatic imine (C=N–C) groups is 1. The molecule has 3 amide bonds. The highest BCUT2D eigenvalue weighted by Crippen LogP contribution is 2.33. The van der Waals surface area contributed by atoms with Gasteiger partial charge in [0.15, 0.2) is 0 Å². The Morgan fingerprint density at radius 3 is 2.30 bits per heavy atom. The normalized spacial score (nSPS) is 11.7. The van der Waals surface area contributed by atoms with Gasteiger partial charge in [0, 0.05) is 46.8 Å². The van der Waals surface area contributed by atoms with Gasteiger partial charge in [-0.05, 0) is 60.4 Å². The van der Waals surface area contributed by atoms with E-state index in [0.29, 0.717) is 70.6 Å². The third-order valence-electron chi connectivity index (χ3n) is 6.77. The highest BCUT2D eigenvalue weighted by Gasteiger charge is 2.16. The summed E-state index contributed by atoms with van der Waals surface area (Å²) in [6.07, 6.45) is 1.00. The molecule has 10 nitrogen and oxygen atoms in total. The molecule has 248 valence electrons. The van der Waals surface area contributed by atoms with Crippen molar-refractivity contribution in [3.05, 3.63) is 89.0 Å². The van der Waals surface area contributed by atoms with E-state index in [9.17, 15) is 9.59 Å². The largest absolute Gasteiger partial charge is 0.379 e. The van der Waals surface area contributed by atoms with Crippen LogP contribution in [-0.4, -0.2) is 84.1 Å². The molecule has 47 heavy (non-hydrogen) atoms. The van der Waals surface area contributed by atoms with E-state index >= 15 is 0 Å². The van der Waals surface area contributed by atoms with Crippen molar-refractivity contribution in [2.75, 3.05) is 71.8 Å². The number of hydrogen-bond donors (Lipinski definition) is 3. The van der Waals surface area contributed by atoms with Gasteiger partial charge in [0.05, 0.1) is 58.4 Å². The average Bonchev–Trinajstić information content (AvgIpc) is 3.49. The molecule has 0 aromatic heterocycles. The first-order valence-corrected chi connectivity index (χ1v) is 16.5. The number of carbonyl (C=O) groups excluding carboxylic acids is 2. The lowest BCUT2D eigenvalue weighted by Gasteiger charge is -2.09. The standard InChI is InChI=1S/C36H42N4O6S/c1-3-16-43-18-20-45-22-23-46-21-19-44-17-15-38-36(42)40-29-8-6-7-27(24-29)11-14-33-31-13-12-30(25-28(31)26-39-33)47-34-10-5-4-9-32(34)35(41)37-2/h4-10,12-13,24-25H,3,15-23,26H2,1-2H3,(H,37,41)(H2,38,40,42). The molecule has 3 aromatic rings. The van der Waals surface area contributed by atoms with Gasteiger partial charge in [-0.3, -0.25) is 9.79 Å². The molecule has 1 aliphatic rings. The zero-order chi connectivity index (χ0) is 33.1. The van der Waals surface area contributed by atoms with Crippen LogP contribution in [0, 0.1) is 11.8 Å². The van der Waals surface area contributed by atoms with E-state index in [0.717, 1.165) is 45.2 Å². The number of nitrogens with one attached hydrogen (secondary N) is 3. The van der Waals surface area contributed by atoms with Crippen molar-refractivity contribution in [2.45, 2.75) is 29.7 Å². The first kappa shape index (κ1) is 35.7. The molecule has 0 saturated carbocycles. The zero-order valence-electron chi connectivity index (χ0n) is 26.9. The van der Waals surface area contributed by atoms with Crippen molar-refractivity contribution in [3.8, 4) is 11.8 Å². The maximum absolute atomic E-state index is 12.4. The highest BCUT2D eigenvalue weighted by molar-refractivity contribution is 7.99. The number of amides is 3. The minimum absolute atomic E-state index is 0.111. The molecule has 0 saturated heterocycles. The van der Waals surface area contributed by atoms with Crippen LogP contribution in [0.15, 0.2) is 81.5 Å². The SMILES string of the molecule is CCCOCCOCCOCCOCCNC(=O)Nc1cccc(C#CC2=NCc3cc(Sc4ccccc4C(=O)NC)ccc32)c1. The molecular formula is C36H42N4O6S. The number of ether oxygens (including phenoxy) is 4. The van der Waals surface area contributed by atoms with Crippen LogP contribution >= 0.6 is 11.8 Å². The monoisotopic (exact) mass is 658 g/mol. The fourth-order valence-electron chi connectivity index (χ4n) is 4.48. The molecule has 4 rings (SSSR count). The molecule has 0 spiro atoms. The molecule has 0 unspecified atom stereocenters. The van der Waals surface area contributed by atoms with Crippen molar-refractivity contribution in [3.63, 3.8) is 0 Å². The molecule has 1 aliphatic heterocycles. The van der Waals surface area contributed by atoms with Gasteiger partial charge >= 0.3 is 6.03 Å². The molecule has 3 N–H and O–H groups in total. The van der Waals surface area contributed by atoms with Crippen molar-refractivity contribution in [1.29, 1.82) is 0 Å². The smallest absolute Gasteiger partial charge is 0.319 e. The first-order valence-electron chi connectivity index (χ1n) is 15.7. The number of rotatable bonds is 18. The van der Waals surface area contributed by atoms with E-state index in [1.165, 1.54) is 0 Å². The summed E-state index contributed by atoms with van der Waals surface area (Å²) in [7, 11) is 1.63. The number of hydrogen-bond acceptors (Lipinski definition) is 8. The summed E-state index contributed by atoms with van der Waals surface area (Å²) in [5.41, 5.74) is 4.86. The number of carbonyl (C=O) groups is 2.